The molecule has 0 bridgehead atoms. The fraction of sp³-hybridized carbons (Fsp3) is 0.167. The van der Waals surface area contributed by atoms with Crippen molar-refractivity contribution >= 4 is 33.3 Å². The Morgan fingerprint density at radius 2 is 1.74 bits per heavy atom. The topological polar surface area (TPSA) is 187 Å². The van der Waals surface area contributed by atoms with E-state index in [9.17, 15) is 29.8 Å². The molecule has 0 saturated carbocycles. The highest BCUT2D eigenvalue weighted by Gasteiger charge is 2.29. The first-order chi connectivity index (χ1) is 18.1. The Kier molecular flexibility index (Phi) is 5.91. The molecule has 0 spiro atoms. The number of hydrogen-bond acceptors (Lipinski definition) is 11. The maximum Gasteiger partial charge on any atom is 0.336 e. The molecule has 0 saturated heterocycles. The predicted octanol–water partition coefficient (Wildman–Crippen LogP) is 3.55. The zero-order valence-corrected chi connectivity index (χ0v) is 19.9. The van der Waals surface area contributed by atoms with Crippen LogP contribution in [0.1, 0.15) is 22.4 Å². The first-order valence-corrected chi connectivity index (χ1v) is 11.1. The fourth-order valence-corrected chi connectivity index (χ4v) is 4.17. The average molecular weight is 519 g/mol. The van der Waals surface area contributed by atoms with Crippen LogP contribution in [-0.4, -0.2) is 24.8 Å². The maximum atomic E-state index is 12.2. The maximum absolute atomic E-state index is 12.2. The lowest BCUT2D eigenvalue weighted by Gasteiger charge is -2.08. The molecule has 0 unspecified atom stereocenters. The lowest BCUT2D eigenvalue weighted by Crippen LogP contribution is -2.08. The molecule has 0 amide bonds. The van der Waals surface area contributed by atoms with E-state index in [0.717, 1.165) is 23.1 Å². The van der Waals surface area contributed by atoms with Crippen LogP contribution in [0.5, 0.6) is 5.75 Å². The van der Waals surface area contributed by atoms with Gasteiger partial charge in [0.15, 0.2) is 0 Å². The highest BCUT2D eigenvalue weighted by Crippen LogP contribution is 2.36. The van der Waals surface area contributed by atoms with E-state index in [1.54, 1.807) is 25.1 Å². The Bertz CT molecular complexity index is 1890. The lowest BCUT2D eigenvalue weighted by atomic mass is 10.0. The normalized spacial score (nSPS) is 11.2. The second-order valence-electron chi connectivity index (χ2n) is 8.45. The molecule has 0 atom stereocenters. The molecule has 14 nitrogen and oxygen atoms in total. The van der Waals surface area contributed by atoms with Gasteiger partial charge >= 0.3 is 16.9 Å². The monoisotopic (exact) mass is 519 g/mol. The quantitative estimate of drug-likeness (QED) is 0.174. The molecule has 0 fully saturated rings. The third-order valence-electron chi connectivity index (χ3n) is 5.93. The van der Waals surface area contributed by atoms with E-state index in [2.05, 4.69) is 10.3 Å². The third kappa shape index (κ3) is 4.45. The second kappa shape index (κ2) is 9.24. The molecule has 2 aromatic carbocycles. The summed E-state index contributed by atoms with van der Waals surface area (Å²) in [5.74, 6) is 0.433. The first-order valence-electron chi connectivity index (χ1n) is 11.1. The molecule has 0 radical (unpaired) electrons. The summed E-state index contributed by atoms with van der Waals surface area (Å²) in [6.07, 6.45) is 1.53. The van der Waals surface area contributed by atoms with E-state index in [-0.39, 0.29) is 35.2 Å². The number of fused-ring (bicyclic) bond motifs is 2. The van der Waals surface area contributed by atoms with Crippen LogP contribution >= 0.6 is 0 Å². The van der Waals surface area contributed by atoms with E-state index in [0.29, 0.717) is 17.0 Å². The van der Waals surface area contributed by atoms with Crippen LogP contribution in [0.3, 0.4) is 0 Å². The van der Waals surface area contributed by atoms with Crippen molar-refractivity contribution in [1.82, 2.24) is 15.0 Å². The van der Waals surface area contributed by atoms with E-state index < -0.39 is 32.5 Å². The van der Waals surface area contributed by atoms with Crippen molar-refractivity contribution in [2.24, 2.45) is 0 Å². The van der Waals surface area contributed by atoms with E-state index in [1.807, 2.05) is 0 Å². The van der Waals surface area contributed by atoms with Crippen molar-refractivity contribution in [3.63, 3.8) is 0 Å². The summed E-state index contributed by atoms with van der Waals surface area (Å²) in [6.45, 7) is 2.95. The first kappa shape index (κ1) is 24.3. The fourth-order valence-electron chi connectivity index (χ4n) is 4.17. The molecule has 0 aliphatic carbocycles. The summed E-state index contributed by atoms with van der Waals surface area (Å²) < 4.78 is 17.4. The average Bonchev–Trinajstić information content (AvgIpc) is 3.28. The number of rotatable bonds is 7. The third-order valence-corrected chi connectivity index (χ3v) is 5.93. The van der Waals surface area contributed by atoms with Crippen LogP contribution in [0.2, 0.25) is 0 Å². The lowest BCUT2D eigenvalue weighted by molar-refractivity contribution is -0.394. The number of aryl methyl sites for hydroxylation is 1. The molecular weight excluding hydrogens is 502 g/mol. The van der Waals surface area contributed by atoms with Crippen molar-refractivity contribution in [3.05, 3.63) is 106 Å². The zero-order chi connectivity index (χ0) is 27.1. The van der Waals surface area contributed by atoms with Crippen molar-refractivity contribution in [3.8, 4) is 5.75 Å². The van der Waals surface area contributed by atoms with Gasteiger partial charge in [0.2, 0.25) is 5.58 Å². The van der Waals surface area contributed by atoms with Gasteiger partial charge in [-0.25, -0.2) is 14.3 Å². The van der Waals surface area contributed by atoms with E-state index in [1.165, 1.54) is 23.9 Å². The van der Waals surface area contributed by atoms with Gasteiger partial charge in [0, 0.05) is 35.0 Å². The number of ether oxygens (including phenoxy) is 1. The van der Waals surface area contributed by atoms with Crippen LogP contribution in [0.25, 0.3) is 21.9 Å². The van der Waals surface area contributed by atoms with Gasteiger partial charge in [0.1, 0.15) is 29.2 Å². The van der Waals surface area contributed by atoms with Gasteiger partial charge in [-0.3, -0.25) is 20.2 Å². The number of nitrogens with zero attached hydrogens (tertiary/aromatic N) is 5. The molecule has 38 heavy (non-hydrogen) atoms. The standard InChI is InChI=1S/C24H17N5O9/c1-12-5-21(30)37-20-7-16(3-4-17(12)20)36-11-15-10-27(26-25-15)9-14-6-22(31)38-24-18(14)8-19(28(32)33)13(2)23(24)29(34)35/h3-8,10H,9,11H2,1-2H3. The SMILES string of the molecule is Cc1c([N+](=O)[O-])cc2c(Cn3cc(COc4ccc5c(C)cc(=O)oc5c4)nn3)cc(=O)oc2c1[N+](=O)[O-]. The number of hydrogen-bond donors (Lipinski definition) is 0. The molecule has 0 aliphatic heterocycles. The van der Waals surface area contributed by atoms with Crippen LogP contribution in [0.4, 0.5) is 11.4 Å². The minimum Gasteiger partial charge on any atom is -0.487 e. The molecule has 3 heterocycles. The number of nitro benzene ring substituents is 2. The van der Waals surface area contributed by atoms with Crippen molar-refractivity contribution in [2.75, 3.05) is 0 Å². The van der Waals surface area contributed by atoms with Crippen LogP contribution in [0.15, 0.2) is 61.0 Å². The van der Waals surface area contributed by atoms with Crippen molar-refractivity contribution in [1.29, 1.82) is 0 Å². The van der Waals surface area contributed by atoms with Crippen molar-refractivity contribution in [2.45, 2.75) is 27.0 Å². The summed E-state index contributed by atoms with van der Waals surface area (Å²) in [5.41, 5.74) is -1.25. The van der Waals surface area contributed by atoms with Gasteiger partial charge in [0.25, 0.3) is 5.69 Å². The van der Waals surface area contributed by atoms with Crippen LogP contribution in [0, 0.1) is 34.1 Å². The highest BCUT2D eigenvalue weighted by atomic mass is 16.6. The Morgan fingerprint density at radius 3 is 2.47 bits per heavy atom. The van der Waals surface area contributed by atoms with Crippen molar-refractivity contribution < 1.29 is 23.4 Å². The van der Waals surface area contributed by atoms with Gasteiger partial charge in [0.05, 0.1) is 22.6 Å². The van der Waals surface area contributed by atoms with Gasteiger partial charge < -0.3 is 13.6 Å². The smallest absolute Gasteiger partial charge is 0.336 e. The molecule has 0 aliphatic rings. The molecule has 14 heteroatoms. The van der Waals surface area contributed by atoms with Gasteiger partial charge in [-0.05, 0) is 37.1 Å². The second-order valence-corrected chi connectivity index (χ2v) is 8.45. The largest absolute Gasteiger partial charge is 0.487 e. The van der Waals surface area contributed by atoms with Crippen LogP contribution in [-0.2, 0) is 13.2 Å². The molecular formula is C24H17N5O9. The molecule has 5 aromatic rings. The number of benzene rings is 2. The molecule has 3 aromatic heterocycles. The number of aromatic nitrogens is 3. The summed E-state index contributed by atoms with van der Waals surface area (Å²) in [7, 11) is 0. The van der Waals surface area contributed by atoms with Gasteiger partial charge in [-0.15, -0.1) is 5.10 Å². The Hall–Kier alpha value is -5.40. The van der Waals surface area contributed by atoms with E-state index in [4.69, 9.17) is 13.6 Å². The summed E-state index contributed by atoms with van der Waals surface area (Å²) in [5, 5.41) is 32.0. The van der Waals surface area contributed by atoms with E-state index >= 15 is 0 Å². The summed E-state index contributed by atoms with van der Waals surface area (Å²) >= 11 is 0. The molecule has 0 N–H and O–H groups in total. The highest BCUT2D eigenvalue weighted by molar-refractivity contribution is 5.92. The molecule has 5 rings (SSSR count). The summed E-state index contributed by atoms with van der Waals surface area (Å²) in [6, 6.07) is 8.71. The molecule has 192 valence electrons. The predicted molar refractivity (Wildman–Crippen MR) is 131 cm³/mol. The van der Waals surface area contributed by atoms with Gasteiger partial charge in [-0.2, -0.15) is 0 Å². The summed E-state index contributed by atoms with van der Waals surface area (Å²) in [4.78, 5) is 45.4. The Labute approximate surface area is 211 Å². The minimum atomic E-state index is -0.856. The van der Waals surface area contributed by atoms with Crippen LogP contribution < -0.4 is 16.0 Å². The zero-order valence-electron chi connectivity index (χ0n) is 19.9. The number of nitro groups is 2. The Morgan fingerprint density at radius 1 is 0.974 bits per heavy atom. The Balaban J connectivity index is 1.43. The van der Waals surface area contributed by atoms with Gasteiger partial charge in [-0.1, -0.05) is 5.21 Å². The minimum absolute atomic E-state index is 0.00929.